The van der Waals surface area contributed by atoms with E-state index in [-0.39, 0.29) is 29.5 Å². The van der Waals surface area contributed by atoms with Gasteiger partial charge in [0.2, 0.25) is 0 Å². The lowest BCUT2D eigenvalue weighted by molar-refractivity contribution is -0.384. The molecule has 3 aromatic rings. The van der Waals surface area contributed by atoms with Gasteiger partial charge in [-0.15, -0.1) is 0 Å². The minimum absolute atomic E-state index is 0.0258. The Morgan fingerprint density at radius 1 is 1.23 bits per heavy atom. The molecule has 3 rings (SSSR count). The lowest BCUT2D eigenvalue weighted by Crippen LogP contribution is -2.14. The van der Waals surface area contributed by atoms with Crippen LogP contribution < -0.4 is 10.1 Å². The molecule has 2 N–H and O–H groups in total. The van der Waals surface area contributed by atoms with Gasteiger partial charge in [0.25, 0.3) is 11.6 Å². The first-order chi connectivity index (χ1) is 14.1. The molecular formula is C18H13F3N4O5. The zero-order chi connectivity index (χ0) is 21.9. The van der Waals surface area contributed by atoms with E-state index in [9.17, 15) is 33.2 Å². The van der Waals surface area contributed by atoms with Crippen LogP contribution in [0.15, 0.2) is 54.7 Å². The maximum Gasteiger partial charge on any atom is 0.416 e. The Kier molecular flexibility index (Phi) is 5.58. The first-order valence-corrected chi connectivity index (χ1v) is 8.26. The van der Waals surface area contributed by atoms with E-state index in [1.807, 2.05) is 0 Å². The molecule has 30 heavy (non-hydrogen) atoms. The minimum Gasteiger partial charge on any atom is -0.506 e. The standard InChI is InChI=1S/C18H13F3N4O5/c19-18(20,21)11-2-1-3-13(8-11)30-10-24-7-6-15(23-24)17(27)22-14-5-4-12(25(28)29)9-16(14)26/h1-9,26H,10H2,(H,22,27). The number of hydrogen-bond acceptors (Lipinski definition) is 6. The van der Waals surface area contributed by atoms with Crippen LogP contribution in [0.5, 0.6) is 11.5 Å². The third kappa shape index (κ3) is 4.84. The fourth-order valence-electron chi connectivity index (χ4n) is 2.38. The van der Waals surface area contributed by atoms with E-state index in [1.165, 1.54) is 35.1 Å². The molecule has 0 saturated carbocycles. The summed E-state index contributed by atoms with van der Waals surface area (Å²) >= 11 is 0. The number of phenols is 1. The van der Waals surface area contributed by atoms with Crippen LogP contribution in [-0.4, -0.2) is 25.7 Å². The Labute approximate surface area is 166 Å². The quantitative estimate of drug-likeness (QED) is 0.354. The zero-order valence-electron chi connectivity index (χ0n) is 15.0. The third-order valence-electron chi connectivity index (χ3n) is 3.84. The number of halogens is 3. The molecule has 0 fully saturated rings. The van der Waals surface area contributed by atoms with Crippen molar-refractivity contribution in [3.8, 4) is 11.5 Å². The Hall–Kier alpha value is -4.09. The van der Waals surface area contributed by atoms with Gasteiger partial charge in [0.15, 0.2) is 12.4 Å². The fourth-order valence-corrected chi connectivity index (χ4v) is 2.38. The number of nitrogens with zero attached hydrogens (tertiary/aromatic N) is 3. The molecule has 0 radical (unpaired) electrons. The van der Waals surface area contributed by atoms with Crippen LogP contribution in [0.2, 0.25) is 0 Å². The van der Waals surface area contributed by atoms with Crippen molar-refractivity contribution in [1.29, 1.82) is 0 Å². The molecule has 1 heterocycles. The highest BCUT2D eigenvalue weighted by Crippen LogP contribution is 2.31. The first kappa shape index (κ1) is 20.6. The number of nitro benzene ring substituents is 1. The van der Waals surface area contributed by atoms with Crippen molar-refractivity contribution < 1.29 is 32.7 Å². The molecule has 0 aliphatic carbocycles. The number of benzene rings is 2. The van der Waals surface area contributed by atoms with Gasteiger partial charge >= 0.3 is 6.18 Å². The predicted molar refractivity (Wildman–Crippen MR) is 97.0 cm³/mol. The largest absolute Gasteiger partial charge is 0.506 e. The van der Waals surface area contributed by atoms with Crippen LogP contribution in [0.3, 0.4) is 0 Å². The number of alkyl halides is 3. The SMILES string of the molecule is O=C(Nc1ccc([N+](=O)[O-])cc1O)c1ccn(COc2cccc(C(F)(F)F)c2)n1. The number of aromatic nitrogens is 2. The van der Waals surface area contributed by atoms with E-state index in [0.29, 0.717) is 0 Å². The normalized spacial score (nSPS) is 11.2. The summed E-state index contributed by atoms with van der Waals surface area (Å²) in [6.45, 7) is -0.253. The fraction of sp³-hybridized carbons (Fsp3) is 0.111. The van der Waals surface area contributed by atoms with Crippen molar-refractivity contribution in [2.75, 3.05) is 5.32 Å². The molecular weight excluding hydrogens is 409 g/mol. The number of rotatable bonds is 6. The zero-order valence-corrected chi connectivity index (χ0v) is 15.0. The van der Waals surface area contributed by atoms with Gasteiger partial charge < -0.3 is 15.2 Å². The number of carbonyl (C=O) groups is 1. The number of nitrogens with one attached hydrogen (secondary N) is 1. The van der Waals surface area contributed by atoms with Crippen molar-refractivity contribution in [2.45, 2.75) is 12.9 Å². The molecule has 1 aromatic heterocycles. The molecule has 0 saturated heterocycles. The van der Waals surface area contributed by atoms with Crippen molar-refractivity contribution in [1.82, 2.24) is 9.78 Å². The van der Waals surface area contributed by atoms with E-state index in [4.69, 9.17) is 4.74 Å². The van der Waals surface area contributed by atoms with Crippen LogP contribution >= 0.6 is 0 Å². The first-order valence-electron chi connectivity index (χ1n) is 8.26. The maximum absolute atomic E-state index is 12.7. The van der Waals surface area contributed by atoms with Gasteiger partial charge in [0, 0.05) is 12.3 Å². The number of ether oxygens (including phenoxy) is 1. The monoisotopic (exact) mass is 422 g/mol. The maximum atomic E-state index is 12.7. The van der Waals surface area contributed by atoms with Crippen LogP contribution in [0.1, 0.15) is 16.1 Å². The number of anilines is 1. The summed E-state index contributed by atoms with van der Waals surface area (Å²) in [5, 5.41) is 26.7. The molecule has 0 bridgehead atoms. The second-order valence-electron chi connectivity index (χ2n) is 5.95. The Balaban J connectivity index is 1.64. The van der Waals surface area contributed by atoms with Crippen LogP contribution in [-0.2, 0) is 12.9 Å². The molecule has 0 aliphatic rings. The second-order valence-corrected chi connectivity index (χ2v) is 5.95. The lowest BCUT2D eigenvalue weighted by atomic mass is 10.2. The van der Waals surface area contributed by atoms with Crippen LogP contribution in [0.25, 0.3) is 0 Å². The number of phenolic OH excluding ortho intramolecular Hbond substituents is 1. The molecule has 0 aliphatic heterocycles. The number of aromatic hydroxyl groups is 1. The second kappa shape index (κ2) is 8.11. The van der Waals surface area contributed by atoms with E-state index >= 15 is 0 Å². The van der Waals surface area contributed by atoms with Gasteiger partial charge in [-0.3, -0.25) is 14.9 Å². The average molecular weight is 422 g/mol. The topological polar surface area (TPSA) is 120 Å². The summed E-state index contributed by atoms with van der Waals surface area (Å²) in [7, 11) is 0. The number of non-ortho nitro benzene ring substituents is 1. The number of hydrogen-bond donors (Lipinski definition) is 2. The lowest BCUT2D eigenvalue weighted by Gasteiger charge is -2.10. The Bertz CT molecular complexity index is 1100. The van der Waals surface area contributed by atoms with E-state index in [2.05, 4.69) is 10.4 Å². The highest BCUT2D eigenvalue weighted by atomic mass is 19.4. The molecule has 12 heteroatoms. The van der Waals surface area contributed by atoms with Gasteiger partial charge in [0.1, 0.15) is 11.5 Å². The summed E-state index contributed by atoms with van der Waals surface area (Å²) in [6, 6.07) is 8.80. The molecule has 0 spiro atoms. The summed E-state index contributed by atoms with van der Waals surface area (Å²) in [6.07, 6.45) is -3.13. The molecule has 0 atom stereocenters. The van der Waals surface area contributed by atoms with E-state index in [1.54, 1.807) is 0 Å². The van der Waals surface area contributed by atoms with Crippen LogP contribution in [0, 0.1) is 10.1 Å². The average Bonchev–Trinajstić information content (AvgIpc) is 3.16. The number of amides is 1. The van der Waals surface area contributed by atoms with Gasteiger partial charge in [-0.05, 0) is 30.3 Å². The minimum atomic E-state index is -4.50. The molecule has 0 unspecified atom stereocenters. The summed E-state index contributed by atoms with van der Waals surface area (Å²) in [4.78, 5) is 22.2. The third-order valence-corrected chi connectivity index (χ3v) is 3.84. The van der Waals surface area contributed by atoms with Crippen molar-refractivity contribution in [3.63, 3.8) is 0 Å². The molecule has 9 nitrogen and oxygen atoms in total. The van der Waals surface area contributed by atoms with Gasteiger partial charge in [-0.1, -0.05) is 6.07 Å². The summed E-state index contributed by atoms with van der Waals surface area (Å²) in [5.41, 5.74) is -1.33. The van der Waals surface area contributed by atoms with Crippen LogP contribution in [0.4, 0.5) is 24.5 Å². The number of nitro groups is 1. The van der Waals surface area contributed by atoms with E-state index < -0.39 is 28.3 Å². The van der Waals surface area contributed by atoms with Crippen molar-refractivity contribution >= 4 is 17.3 Å². The van der Waals surface area contributed by atoms with E-state index in [0.717, 1.165) is 24.3 Å². The van der Waals surface area contributed by atoms with Gasteiger partial charge in [0.05, 0.1) is 22.2 Å². The molecule has 2 aromatic carbocycles. The Morgan fingerprint density at radius 2 is 2.00 bits per heavy atom. The van der Waals surface area contributed by atoms with Crippen molar-refractivity contribution in [2.24, 2.45) is 0 Å². The Morgan fingerprint density at radius 3 is 2.67 bits per heavy atom. The highest BCUT2D eigenvalue weighted by molar-refractivity contribution is 6.03. The van der Waals surface area contributed by atoms with Gasteiger partial charge in [-0.25, -0.2) is 4.68 Å². The number of carbonyl (C=O) groups excluding carboxylic acids is 1. The van der Waals surface area contributed by atoms with Crippen molar-refractivity contribution in [3.05, 3.63) is 76.1 Å². The smallest absolute Gasteiger partial charge is 0.416 e. The molecule has 1 amide bonds. The predicted octanol–water partition coefficient (Wildman–Crippen LogP) is 3.80. The van der Waals surface area contributed by atoms with Gasteiger partial charge in [-0.2, -0.15) is 18.3 Å². The summed E-state index contributed by atoms with van der Waals surface area (Å²) in [5.74, 6) is -1.23. The molecule has 156 valence electrons. The highest BCUT2D eigenvalue weighted by Gasteiger charge is 2.30. The summed E-state index contributed by atoms with van der Waals surface area (Å²) < 4.78 is 44.6.